The summed E-state index contributed by atoms with van der Waals surface area (Å²) in [6.07, 6.45) is 0. The highest BCUT2D eigenvalue weighted by Gasteiger charge is 2.11. The van der Waals surface area contributed by atoms with E-state index in [1.807, 2.05) is 32.9 Å². The molecule has 2 N–H and O–H groups in total. The van der Waals surface area contributed by atoms with Crippen LogP contribution in [0.15, 0.2) is 30.3 Å². The molecule has 2 aromatic carbocycles. The first-order chi connectivity index (χ1) is 8.00. The molecular weight excluding hydrogens is 212 g/mol. The van der Waals surface area contributed by atoms with Gasteiger partial charge >= 0.3 is 0 Å². The molecule has 2 rings (SSSR count). The summed E-state index contributed by atoms with van der Waals surface area (Å²) in [5, 5.41) is 19.6. The molecule has 0 radical (unpaired) electrons. The molecule has 2 heteroatoms. The van der Waals surface area contributed by atoms with E-state index in [0.29, 0.717) is 5.75 Å². The zero-order valence-corrected chi connectivity index (χ0v) is 10.3. The Morgan fingerprint density at radius 3 is 2.24 bits per heavy atom. The maximum absolute atomic E-state index is 10.2. The predicted molar refractivity (Wildman–Crippen MR) is 69.4 cm³/mol. The highest BCUT2D eigenvalue weighted by Crippen LogP contribution is 2.36. The molecular formula is C15H16O2. The molecule has 0 aliphatic heterocycles. The summed E-state index contributed by atoms with van der Waals surface area (Å²) in [7, 11) is 0. The number of rotatable bonds is 1. The van der Waals surface area contributed by atoms with Crippen LogP contribution in [0.4, 0.5) is 0 Å². The van der Waals surface area contributed by atoms with Gasteiger partial charge < -0.3 is 10.2 Å². The Morgan fingerprint density at radius 1 is 0.882 bits per heavy atom. The molecule has 17 heavy (non-hydrogen) atoms. The van der Waals surface area contributed by atoms with Crippen molar-refractivity contribution in [2.24, 2.45) is 0 Å². The number of benzene rings is 2. The Balaban J connectivity index is 2.68. The third-order valence-corrected chi connectivity index (χ3v) is 3.28. The van der Waals surface area contributed by atoms with Crippen molar-refractivity contribution in [2.45, 2.75) is 20.8 Å². The smallest absolute Gasteiger partial charge is 0.126 e. The van der Waals surface area contributed by atoms with E-state index in [4.69, 9.17) is 0 Å². The fourth-order valence-corrected chi connectivity index (χ4v) is 1.96. The molecule has 0 heterocycles. The summed E-state index contributed by atoms with van der Waals surface area (Å²) in [4.78, 5) is 0. The molecule has 0 aliphatic carbocycles. The Hall–Kier alpha value is -1.96. The van der Waals surface area contributed by atoms with Crippen LogP contribution in [0.2, 0.25) is 0 Å². The standard InChI is InChI=1S/C15H16O2/c1-9-7-14(15(17)11(3)10(9)2)12-5-4-6-13(16)8-12/h4-8,16-17H,1-3H3. The second-order valence-corrected chi connectivity index (χ2v) is 4.39. The SMILES string of the molecule is Cc1cc(-c2cccc(O)c2)c(O)c(C)c1C. The van der Waals surface area contributed by atoms with Gasteiger partial charge in [0.25, 0.3) is 0 Å². The molecule has 0 aliphatic rings. The van der Waals surface area contributed by atoms with Crippen molar-refractivity contribution in [2.75, 3.05) is 0 Å². The molecule has 0 fully saturated rings. The minimum absolute atomic E-state index is 0.206. The first-order valence-electron chi connectivity index (χ1n) is 5.60. The molecule has 0 aromatic heterocycles. The summed E-state index contributed by atoms with van der Waals surface area (Å²) >= 11 is 0. The zero-order valence-electron chi connectivity index (χ0n) is 10.3. The van der Waals surface area contributed by atoms with E-state index in [-0.39, 0.29) is 5.75 Å². The lowest BCUT2D eigenvalue weighted by atomic mass is 9.95. The number of hydrogen-bond donors (Lipinski definition) is 2. The Kier molecular flexibility index (Phi) is 2.80. The van der Waals surface area contributed by atoms with Crippen molar-refractivity contribution in [3.8, 4) is 22.6 Å². The van der Waals surface area contributed by atoms with Crippen LogP contribution in [0.25, 0.3) is 11.1 Å². The van der Waals surface area contributed by atoms with Gasteiger partial charge in [0, 0.05) is 5.56 Å². The second-order valence-electron chi connectivity index (χ2n) is 4.39. The molecule has 2 aromatic rings. The van der Waals surface area contributed by atoms with Gasteiger partial charge in [0.15, 0.2) is 0 Å². The van der Waals surface area contributed by atoms with Crippen LogP contribution in [-0.2, 0) is 0 Å². The summed E-state index contributed by atoms with van der Waals surface area (Å²) in [6.45, 7) is 5.93. The van der Waals surface area contributed by atoms with Crippen LogP contribution in [0, 0.1) is 20.8 Å². The van der Waals surface area contributed by atoms with Crippen molar-refractivity contribution >= 4 is 0 Å². The number of hydrogen-bond acceptors (Lipinski definition) is 2. The molecule has 88 valence electrons. The van der Waals surface area contributed by atoms with Crippen LogP contribution in [0.3, 0.4) is 0 Å². The fourth-order valence-electron chi connectivity index (χ4n) is 1.96. The maximum Gasteiger partial charge on any atom is 0.126 e. The van der Waals surface area contributed by atoms with Gasteiger partial charge in [-0.2, -0.15) is 0 Å². The molecule has 0 atom stereocenters. The van der Waals surface area contributed by atoms with E-state index in [1.165, 1.54) is 0 Å². The van der Waals surface area contributed by atoms with Crippen molar-refractivity contribution in [1.82, 2.24) is 0 Å². The molecule has 0 amide bonds. The molecule has 2 nitrogen and oxygen atoms in total. The zero-order chi connectivity index (χ0) is 12.6. The largest absolute Gasteiger partial charge is 0.508 e. The predicted octanol–water partition coefficient (Wildman–Crippen LogP) is 3.69. The van der Waals surface area contributed by atoms with Crippen LogP contribution in [-0.4, -0.2) is 10.2 Å². The van der Waals surface area contributed by atoms with Gasteiger partial charge in [0.1, 0.15) is 11.5 Å². The molecule has 0 spiro atoms. The first-order valence-corrected chi connectivity index (χ1v) is 5.60. The van der Waals surface area contributed by atoms with Crippen LogP contribution < -0.4 is 0 Å². The highest BCUT2D eigenvalue weighted by atomic mass is 16.3. The number of aryl methyl sites for hydroxylation is 1. The summed E-state index contributed by atoms with van der Waals surface area (Å²) in [5.74, 6) is 0.497. The van der Waals surface area contributed by atoms with Crippen LogP contribution in [0.5, 0.6) is 11.5 Å². The Morgan fingerprint density at radius 2 is 1.59 bits per heavy atom. The van der Waals surface area contributed by atoms with Crippen LogP contribution >= 0.6 is 0 Å². The molecule has 0 unspecified atom stereocenters. The van der Waals surface area contributed by atoms with E-state index in [9.17, 15) is 10.2 Å². The minimum atomic E-state index is 0.206. The molecule has 0 saturated heterocycles. The van der Waals surface area contributed by atoms with Gasteiger partial charge in [-0.3, -0.25) is 0 Å². The maximum atomic E-state index is 10.2. The van der Waals surface area contributed by atoms with Gasteiger partial charge in [0.2, 0.25) is 0 Å². The van der Waals surface area contributed by atoms with Gasteiger partial charge in [-0.05, 0) is 61.2 Å². The Bertz CT molecular complexity index is 571. The quantitative estimate of drug-likeness (QED) is 0.781. The van der Waals surface area contributed by atoms with Crippen molar-refractivity contribution in [3.05, 3.63) is 47.0 Å². The monoisotopic (exact) mass is 228 g/mol. The van der Waals surface area contributed by atoms with E-state index in [0.717, 1.165) is 27.8 Å². The number of aromatic hydroxyl groups is 2. The third kappa shape index (κ3) is 1.98. The lowest BCUT2D eigenvalue weighted by molar-refractivity contribution is 0.471. The van der Waals surface area contributed by atoms with Gasteiger partial charge in [-0.15, -0.1) is 0 Å². The highest BCUT2D eigenvalue weighted by molar-refractivity contribution is 5.74. The minimum Gasteiger partial charge on any atom is -0.508 e. The van der Waals surface area contributed by atoms with Gasteiger partial charge in [-0.25, -0.2) is 0 Å². The van der Waals surface area contributed by atoms with E-state index < -0.39 is 0 Å². The number of phenolic OH excluding ortho intramolecular Hbond substituents is 2. The topological polar surface area (TPSA) is 40.5 Å². The van der Waals surface area contributed by atoms with Crippen LogP contribution in [0.1, 0.15) is 16.7 Å². The fraction of sp³-hybridized carbons (Fsp3) is 0.200. The van der Waals surface area contributed by atoms with Crippen molar-refractivity contribution < 1.29 is 10.2 Å². The average Bonchev–Trinajstić information content (AvgIpc) is 2.31. The van der Waals surface area contributed by atoms with E-state index >= 15 is 0 Å². The third-order valence-electron chi connectivity index (χ3n) is 3.28. The average molecular weight is 228 g/mol. The second kappa shape index (κ2) is 4.13. The summed E-state index contributed by atoms with van der Waals surface area (Å²) in [6, 6.07) is 8.88. The number of phenols is 2. The van der Waals surface area contributed by atoms with E-state index in [1.54, 1.807) is 18.2 Å². The van der Waals surface area contributed by atoms with Crippen molar-refractivity contribution in [1.29, 1.82) is 0 Å². The van der Waals surface area contributed by atoms with E-state index in [2.05, 4.69) is 0 Å². The van der Waals surface area contributed by atoms with Gasteiger partial charge in [-0.1, -0.05) is 12.1 Å². The lowest BCUT2D eigenvalue weighted by Gasteiger charge is -2.13. The normalized spacial score (nSPS) is 10.5. The summed E-state index contributed by atoms with van der Waals surface area (Å²) < 4.78 is 0. The lowest BCUT2D eigenvalue weighted by Crippen LogP contribution is -1.90. The van der Waals surface area contributed by atoms with Gasteiger partial charge in [0.05, 0.1) is 0 Å². The first kappa shape index (κ1) is 11.5. The van der Waals surface area contributed by atoms with Crippen molar-refractivity contribution in [3.63, 3.8) is 0 Å². The summed E-state index contributed by atoms with van der Waals surface area (Å²) in [5.41, 5.74) is 4.73. The molecule has 0 bridgehead atoms. The molecule has 0 saturated carbocycles. The Labute approximate surface area is 101 Å².